The van der Waals surface area contributed by atoms with E-state index in [4.69, 9.17) is 0 Å². The van der Waals surface area contributed by atoms with E-state index in [2.05, 4.69) is 55.6 Å². The van der Waals surface area contributed by atoms with Crippen LogP contribution in [0.1, 0.15) is 290 Å². The highest BCUT2D eigenvalue weighted by Crippen LogP contribution is 2.16. The predicted octanol–water partition coefficient (Wildman–Crippen LogP) is 17.9. The minimum atomic E-state index is -0.875. The third-order valence-corrected chi connectivity index (χ3v) is 12.5. The first-order chi connectivity index (χ1) is 30.2. The molecule has 0 spiro atoms. The second kappa shape index (κ2) is 52.7. The van der Waals surface area contributed by atoms with Crippen LogP contribution in [0.15, 0.2) is 48.6 Å². The molecule has 1 amide bonds. The van der Waals surface area contributed by atoms with E-state index in [1.165, 1.54) is 218 Å². The summed E-state index contributed by atoms with van der Waals surface area (Å²) in [6, 6.07) is -0.651. The van der Waals surface area contributed by atoms with E-state index in [0.717, 1.165) is 51.4 Å². The molecule has 0 heterocycles. The van der Waals surface area contributed by atoms with E-state index < -0.39 is 12.1 Å². The lowest BCUT2D eigenvalue weighted by molar-refractivity contribution is -0.123. The van der Waals surface area contributed by atoms with Crippen molar-refractivity contribution in [1.29, 1.82) is 0 Å². The van der Waals surface area contributed by atoms with Crippen LogP contribution in [0.5, 0.6) is 0 Å². The first-order valence-electron chi connectivity index (χ1n) is 27.4. The quantitative estimate of drug-likeness (QED) is 0.0422. The van der Waals surface area contributed by atoms with Crippen LogP contribution >= 0.6 is 0 Å². The molecule has 0 aromatic heterocycles. The number of unbranched alkanes of at least 4 members (excludes halogenated alkanes) is 37. The molecular formula is C57H107NO3. The average Bonchev–Trinajstić information content (AvgIpc) is 3.26. The number of aliphatic hydroxyl groups excluding tert-OH is 2. The van der Waals surface area contributed by atoms with Crippen LogP contribution in [0.2, 0.25) is 0 Å². The molecule has 0 fully saturated rings. The first-order valence-corrected chi connectivity index (χ1v) is 27.4. The number of rotatable bonds is 50. The largest absolute Gasteiger partial charge is 0.394 e. The van der Waals surface area contributed by atoms with Gasteiger partial charge in [0.15, 0.2) is 0 Å². The molecule has 0 radical (unpaired) electrons. The van der Waals surface area contributed by atoms with Crippen molar-refractivity contribution in [3.63, 3.8) is 0 Å². The van der Waals surface area contributed by atoms with Crippen LogP contribution in [0.3, 0.4) is 0 Å². The van der Waals surface area contributed by atoms with E-state index in [1.54, 1.807) is 6.08 Å². The van der Waals surface area contributed by atoms with Crippen molar-refractivity contribution in [1.82, 2.24) is 5.32 Å². The molecule has 358 valence electrons. The Bertz CT molecular complexity index is 970. The number of hydrogen-bond acceptors (Lipinski definition) is 3. The Balaban J connectivity index is 3.53. The van der Waals surface area contributed by atoms with E-state index in [-0.39, 0.29) is 12.5 Å². The molecule has 0 rings (SSSR count). The Kier molecular flexibility index (Phi) is 51.3. The Labute approximate surface area is 382 Å². The zero-order chi connectivity index (χ0) is 44.2. The van der Waals surface area contributed by atoms with Gasteiger partial charge in [0.05, 0.1) is 18.8 Å². The summed E-state index contributed by atoms with van der Waals surface area (Å²) in [5, 5.41) is 23.1. The fourth-order valence-corrected chi connectivity index (χ4v) is 8.32. The van der Waals surface area contributed by atoms with Crippen LogP contribution in [-0.2, 0) is 4.79 Å². The van der Waals surface area contributed by atoms with Crippen molar-refractivity contribution in [2.24, 2.45) is 0 Å². The maximum Gasteiger partial charge on any atom is 0.220 e. The molecule has 2 unspecified atom stereocenters. The van der Waals surface area contributed by atoms with Gasteiger partial charge in [-0.15, -0.1) is 0 Å². The second-order valence-corrected chi connectivity index (χ2v) is 18.6. The Morgan fingerprint density at radius 2 is 0.639 bits per heavy atom. The van der Waals surface area contributed by atoms with Crippen LogP contribution in [-0.4, -0.2) is 34.9 Å². The fourth-order valence-electron chi connectivity index (χ4n) is 8.32. The highest BCUT2D eigenvalue weighted by molar-refractivity contribution is 5.76. The van der Waals surface area contributed by atoms with Crippen LogP contribution in [0.25, 0.3) is 0 Å². The van der Waals surface area contributed by atoms with E-state index in [0.29, 0.717) is 6.42 Å². The highest BCUT2D eigenvalue weighted by atomic mass is 16.3. The van der Waals surface area contributed by atoms with Crippen LogP contribution < -0.4 is 5.32 Å². The molecule has 0 aliphatic heterocycles. The van der Waals surface area contributed by atoms with Gasteiger partial charge in [0.25, 0.3) is 0 Å². The summed E-state index contributed by atoms with van der Waals surface area (Å²) in [5.74, 6) is -0.0852. The van der Waals surface area contributed by atoms with Gasteiger partial charge < -0.3 is 15.5 Å². The molecule has 0 aromatic carbocycles. The van der Waals surface area contributed by atoms with Gasteiger partial charge in [0, 0.05) is 6.42 Å². The number of nitrogens with one attached hydrogen (secondary N) is 1. The SMILES string of the molecule is CCCCCCCCC/C=C\CCCCCCCC(=O)NC(CO)C(O)/C=C/CC/C=C/CC/C=C/CCCCCCCCCCCCCCCCCCCCCCCCC. The third kappa shape index (κ3) is 49.2. The van der Waals surface area contributed by atoms with Gasteiger partial charge in [-0.05, 0) is 70.6 Å². The monoisotopic (exact) mass is 854 g/mol. The summed E-state index contributed by atoms with van der Waals surface area (Å²) < 4.78 is 0. The maximum absolute atomic E-state index is 12.4. The number of carbonyl (C=O) groups is 1. The number of aliphatic hydroxyl groups is 2. The van der Waals surface area contributed by atoms with Gasteiger partial charge in [0.2, 0.25) is 5.91 Å². The van der Waals surface area contributed by atoms with E-state index >= 15 is 0 Å². The van der Waals surface area contributed by atoms with Crippen molar-refractivity contribution in [3.8, 4) is 0 Å². The minimum Gasteiger partial charge on any atom is -0.394 e. The van der Waals surface area contributed by atoms with Gasteiger partial charge in [-0.25, -0.2) is 0 Å². The molecule has 0 saturated carbocycles. The molecule has 0 saturated heterocycles. The summed E-state index contributed by atoms with van der Waals surface area (Å²) in [4.78, 5) is 12.4. The van der Waals surface area contributed by atoms with Gasteiger partial charge >= 0.3 is 0 Å². The fraction of sp³-hybridized carbons (Fsp3) is 0.842. The van der Waals surface area contributed by atoms with Crippen molar-refractivity contribution in [2.45, 2.75) is 302 Å². The van der Waals surface area contributed by atoms with Crippen LogP contribution in [0.4, 0.5) is 0 Å². The first kappa shape index (κ1) is 59.4. The van der Waals surface area contributed by atoms with Crippen molar-refractivity contribution in [3.05, 3.63) is 48.6 Å². The number of hydrogen-bond donors (Lipinski definition) is 3. The molecule has 61 heavy (non-hydrogen) atoms. The van der Waals surface area contributed by atoms with Crippen molar-refractivity contribution < 1.29 is 15.0 Å². The third-order valence-electron chi connectivity index (χ3n) is 12.5. The molecule has 0 aromatic rings. The predicted molar refractivity (Wildman–Crippen MR) is 271 cm³/mol. The summed E-state index contributed by atoms with van der Waals surface area (Å²) in [5.41, 5.74) is 0. The van der Waals surface area contributed by atoms with Gasteiger partial charge in [-0.2, -0.15) is 0 Å². The summed E-state index contributed by atoms with van der Waals surface area (Å²) >= 11 is 0. The smallest absolute Gasteiger partial charge is 0.220 e. The van der Waals surface area contributed by atoms with Gasteiger partial charge in [0.1, 0.15) is 0 Å². The number of allylic oxidation sites excluding steroid dienone is 7. The molecule has 0 bridgehead atoms. The Morgan fingerprint density at radius 3 is 0.951 bits per heavy atom. The van der Waals surface area contributed by atoms with E-state index in [1.807, 2.05) is 6.08 Å². The second-order valence-electron chi connectivity index (χ2n) is 18.6. The number of amides is 1. The zero-order valence-electron chi connectivity index (χ0n) is 41.2. The lowest BCUT2D eigenvalue weighted by Gasteiger charge is -2.19. The molecule has 0 aliphatic rings. The molecule has 3 N–H and O–H groups in total. The molecule has 0 aliphatic carbocycles. The lowest BCUT2D eigenvalue weighted by Crippen LogP contribution is -2.45. The van der Waals surface area contributed by atoms with Gasteiger partial charge in [-0.3, -0.25) is 4.79 Å². The zero-order valence-corrected chi connectivity index (χ0v) is 41.2. The van der Waals surface area contributed by atoms with Crippen molar-refractivity contribution >= 4 is 5.91 Å². The Hall–Kier alpha value is -1.65. The normalized spacial score (nSPS) is 13.2. The topological polar surface area (TPSA) is 69.6 Å². The standard InChI is InChI=1S/C57H107NO3/c1-3-5-7-9-11-13-15-17-19-21-22-23-24-25-26-27-28-29-30-31-32-33-34-35-36-37-38-40-42-44-46-48-50-52-56(60)55(54-59)58-57(61)53-51-49-47-45-43-41-39-20-18-16-14-12-10-8-6-4-2/h20,36-37,39,42,44,50,52,55-56,59-60H,3-19,21-35,38,40-41,43,45-49,51,53-54H2,1-2H3,(H,58,61)/b37-36+,39-20-,44-42+,52-50+. The molecular weight excluding hydrogens is 747 g/mol. The summed E-state index contributed by atoms with van der Waals surface area (Å²) in [6.07, 6.45) is 72.8. The minimum absolute atomic E-state index is 0.0852. The average molecular weight is 854 g/mol. The number of carbonyl (C=O) groups excluding carboxylic acids is 1. The van der Waals surface area contributed by atoms with Gasteiger partial charge in [-0.1, -0.05) is 262 Å². The molecule has 4 nitrogen and oxygen atoms in total. The summed E-state index contributed by atoms with van der Waals surface area (Å²) in [6.45, 7) is 4.31. The van der Waals surface area contributed by atoms with Crippen molar-refractivity contribution in [2.75, 3.05) is 6.61 Å². The van der Waals surface area contributed by atoms with E-state index in [9.17, 15) is 15.0 Å². The molecule has 2 atom stereocenters. The summed E-state index contributed by atoms with van der Waals surface area (Å²) in [7, 11) is 0. The highest BCUT2D eigenvalue weighted by Gasteiger charge is 2.17. The maximum atomic E-state index is 12.4. The lowest BCUT2D eigenvalue weighted by atomic mass is 10.0. The molecule has 4 heteroatoms. The Morgan fingerprint density at radius 1 is 0.377 bits per heavy atom. The van der Waals surface area contributed by atoms with Crippen LogP contribution in [0, 0.1) is 0 Å².